The van der Waals surface area contributed by atoms with Crippen LogP contribution in [0.25, 0.3) is 6.08 Å². The number of hydrogen-bond donors (Lipinski definition) is 1. The number of nitrogens with one attached hydrogen (secondary N) is 1. The second-order valence-corrected chi connectivity index (χ2v) is 4.17. The van der Waals surface area contributed by atoms with Gasteiger partial charge in [0, 0.05) is 6.54 Å². The molecule has 0 bridgehead atoms. The third kappa shape index (κ3) is 3.65. The molecule has 1 rings (SSSR count). The zero-order valence-corrected chi connectivity index (χ0v) is 11.4. The second-order valence-electron chi connectivity index (χ2n) is 3.76. The number of methoxy groups -OCH3 is 2. The lowest BCUT2D eigenvalue weighted by Gasteiger charge is -2.10. The molecule has 0 spiro atoms. The van der Waals surface area contributed by atoms with E-state index in [0.29, 0.717) is 16.5 Å². The molecule has 17 heavy (non-hydrogen) atoms. The van der Waals surface area contributed by atoms with Crippen molar-refractivity contribution >= 4 is 17.7 Å². The van der Waals surface area contributed by atoms with Crippen LogP contribution in [-0.2, 0) is 0 Å². The molecule has 94 valence electrons. The van der Waals surface area contributed by atoms with Gasteiger partial charge in [-0.15, -0.1) is 0 Å². The summed E-state index contributed by atoms with van der Waals surface area (Å²) in [6, 6.07) is 3.77. The smallest absolute Gasteiger partial charge is 0.179 e. The predicted octanol–water partition coefficient (Wildman–Crippen LogP) is 2.98. The Hall–Kier alpha value is -1.19. The molecule has 0 aliphatic carbocycles. The summed E-state index contributed by atoms with van der Waals surface area (Å²) in [7, 11) is 5.09. The molecule has 1 aromatic carbocycles. The lowest BCUT2D eigenvalue weighted by Crippen LogP contribution is -2.08. The van der Waals surface area contributed by atoms with Crippen LogP contribution in [0.3, 0.4) is 0 Å². The van der Waals surface area contributed by atoms with Gasteiger partial charge >= 0.3 is 0 Å². The molecule has 0 amide bonds. The summed E-state index contributed by atoms with van der Waals surface area (Å²) in [6.45, 7) is 2.90. The van der Waals surface area contributed by atoms with Gasteiger partial charge in [0.05, 0.1) is 19.2 Å². The monoisotopic (exact) mass is 255 g/mol. The van der Waals surface area contributed by atoms with E-state index in [0.717, 1.165) is 12.1 Å². The minimum atomic E-state index is 0.551. The van der Waals surface area contributed by atoms with E-state index in [4.69, 9.17) is 21.1 Å². The van der Waals surface area contributed by atoms with Gasteiger partial charge in [-0.1, -0.05) is 23.3 Å². The Morgan fingerprint density at radius 2 is 2.06 bits per heavy atom. The Kier molecular flexibility index (Phi) is 5.32. The van der Waals surface area contributed by atoms with Gasteiger partial charge in [-0.3, -0.25) is 0 Å². The average molecular weight is 256 g/mol. The summed E-state index contributed by atoms with van der Waals surface area (Å²) in [5, 5.41) is 3.65. The fraction of sp³-hybridized carbons (Fsp3) is 0.385. The van der Waals surface area contributed by atoms with Crippen LogP contribution in [0.1, 0.15) is 12.5 Å². The van der Waals surface area contributed by atoms with Gasteiger partial charge < -0.3 is 14.8 Å². The Morgan fingerprint density at radius 3 is 2.59 bits per heavy atom. The molecule has 0 heterocycles. The van der Waals surface area contributed by atoms with Crippen LogP contribution in [0.15, 0.2) is 17.7 Å². The maximum absolute atomic E-state index is 6.12. The van der Waals surface area contributed by atoms with E-state index in [1.54, 1.807) is 14.2 Å². The average Bonchev–Trinajstić information content (AvgIpc) is 2.28. The standard InChI is InChI=1S/C13H18ClNO2/c1-9(8-15-2)5-10-6-11(14)13(17-4)12(7-10)16-3/h5-7,15H,8H2,1-4H3. The van der Waals surface area contributed by atoms with Crippen LogP contribution in [-0.4, -0.2) is 27.8 Å². The van der Waals surface area contributed by atoms with Gasteiger partial charge in [-0.2, -0.15) is 0 Å². The van der Waals surface area contributed by atoms with Crippen molar-refractivity contribution in [3.05, 3.63) is 28.3 Å². The summed E-state index contributed by atoms with van der Waals surface area (Å²) >= 11 is 6.12. The van der Waals surface area contributed by atoms with Crippen molar-refractivity contribution in [1.29, 1.82) is 0 Å². The summed E-state index contributed by atoms with van der Waals surface area (Å²) < 4.78 is 10.4. The lowest BCUT2D eigenvalue weighted by molar-refractivity contribution is 0.355. The normalized spacial score (nSPS) is 11.5. The SMILES string of the molecule is CNCC(C)=Cc1cc(Cl)c(OC)c(OC)c1. The first-order chi connectivity index (χ1) is 8.12. The highest BCUT2D eigenvalue weighted by atomic mass is 35.5. The largest absolute Gasteiger partial charge is 0.493 e. The third-order valence-electron chi connectivity index (χ3n) is 2.32. The van der Waals surface area contributed by atoms with E-state index in [1.165, 1.54) is 5.57 Å². The van der Waals surface area contributed by atoms with Crippen LogP contribution in [0, 0.1) is 0 Å². The van der Waals surface area contributed by atoms with Gasteiger partial charge in [0.25, 0.3) is 0 Å². The van der Waals surface area contributed by atoms with E-state index >= 15 is 0 Å². The molecule has 0 aromatic heterocycles. The minimum absolute atomic E-state index is 0.551. The first-order valence-electron chi connectivity index (χ1n) is 5.35. The Morgan fingerprint density at radius 1 is 1.35 bits per heavy atom. The van der Waals surface area contributed by atoms with Crippen LogP contribution < -0.4 is 14.8 Å². The van der Waals surface area contributed by atoms with Crippen LogP contribution in [0.4, 0.5) is 0 Å². The summed E-state index contributed by atoms with van der Waals surface area (Å²) in [6.07, 6.45) is 2.06. The molecule has 0 aliphatic heterocycles. The molecule has 0 fully saturated rings. The molecule has 0 atom stereocenters. The first-order valence-corrected chi connectivity index (χ1v) is 5.73. The molecule has 1 N–H and O–H groups in total. The molecule has 0 unspecified atom stereocenters. The molecule has 3 nitrogen and oxygen atoms in total. The van der Waals surface area contributed by atoms with Crippen LogP contribution in [0.2, 0.25) is 5.02 Å². The summed E-state index contributed by atoms with van der Waals surface area (Å²) in [5.74, 6) is 1.21. The van der Waals surface area contributed by atoms with Gasteiger partial charge in [-0.05, 0) is 31.7 Å². The molecule has 4 heteroatoms. The highest BCUT2D eigenvalue weighted by Gasteiger charge is 2.09. The predicted molar refractivity (Wildman–Crippen MR) is 72.1 cm³/mol. The lowest BCUT2D eigenvalue weighted by atomic mass is 10.1. The van der Waals surface area contributed by atoms with Gasteiger partial charge in [0.2, 0.25) is 0 Å². The molecule has 0 saturated carbocycles. The second kappa shape index (κ2) is 6.52. The number of ether oxygens (including phenoxy) is 2. The number of halogens is 1. The van der Waals surface area contributed by atoms with E-state index in [2.05, 4.69) is 18.3 Å². The molecular formula is C13H18ClNO2. The Balaban J connectivity index is 3.11. The van der Waals surface area contributed by atoms with Crippen molar-refractivity contribution in [3.8, 4) is 11.5 Å². The van der Waals surface area contributed by atoms with Crippen LogP contribution in [0.5, 0.6) is 11.5 Å². The number of benzene rings is 1. The first kappa shape index (κ1) is 13.9. The van der Waals surface area contributed by atoms with Crippen molar-refractivity contribution in [3.63, 3.8) is 0 Å². The number of hydrogen-bond acceptors (Lipinski definition) is 3. The highest BCUT2D eigenvalue weighted by Crippen LogP contribution is 2.36. The highest BCUT2D eigenvalue weighted by molar-refractivity contribution is 6.32. The fourth-order valence-corrected chi connectivity index (χ4v) is 1.93. The van der Waals surface area contributed by atoms with Crippen molar-refractivity contribution in [1.82, 2.24) is 5.32 Å². The molecule has 0 aliphatic rings. The van der Waals surface area contributed by atoms with Crippen molar-refractivity contribution in [2.75, 3.05) is 27.8 Å². The molecule has 1 aromatic rings. The maximum Gasteiger partial charge on any atom is 0.179 e. The van der Waals surface area contributed by atoms with E-state index < -0.39 is 0 Å². The Labute approximate surface area is 107 Å². The maximum atomic E-state index is 6.12. The van der Waals surface area contributed by atoms with E-state index in [9.17, 15) is 0 Å². The third-order valence-corrected chi connectivity index (χ3v) is 2.61. The Bertz CT molecular complexity index is 416. The van der Waals surface area contributed by atoms with E-state index in [-0.39, 0.29) is 0 Å². The topological polar surface area (TPSA) is 30.5 Å². The zero-order valence-electron chi connectivity index (χ0n) is 10.6. The van der Waals surface area contributed by atoms with Crippen molar-refractivity contribution in [2.24, 2.45) is 0 Å². The molecule has 0 radical (unpaired) electrons. The van der Waals surface area contributed by atoms with Crippen LogP contribution >= 0.6 is 11.6 Å². The quantitative estimate of drug-likeness (QED) is 0.878. The fourth-order valence-electron chi connectivity index (χ4n) is 1.64. The molecular weight excluding hydrogens is 238 g/mol. The minimum Gasteiger partial charge on any atom is -0.493 e. The van der Waals surface area contributed by atoms with Crippen molar-refractivity contribution < 1.29 is 9.47 Å². The zero-order chi connectivity index (χ0) is 12.8. The summed E-state index contributed by atoms with van der Waals surface area (Å²) in [4.78, 5) is 0. The molecule has 0 saturated heterocycles. The van der Waals surface area contributed by atoms with E-state index in [1.807, 2.05) is 19.2 Å². The summed E-state index contributed by atoms with van der Waals surface area (Å²) in [5.41, 5.74) is 2.22. The van der Waals surface area contributed by atoms with Gasteiger partial charge in [0.15, 0.2) is 11.5 Å². The number of likely N-dealkylation sites (N-methyl/N-ethyl adjacent to an activating group) is 1. The van der Waals surface area contributed by atoms with Crippen molar-refractivity contribution in [2.45, 2.75) is 6.92 Å². The van der Waals surface area contributed by atoms with Gasteiger partial charge in [-0.25, -0.2) is 0 Å². The number of rotatable bonds is 5. The van der Waals surface area contributed by atoms with Gasteiger partial charge in [0.1, 0.15) is 0 Å².